The number of rotatable bonds is 2. The van der Waals surface area contributed by atoms with Gasteiger partial charge in [-0.05, 0) is 0 Å². The first-order valence-electron chi connectivity index (χ1n) is 5.77. The lowest BCUT2D eigenvalue weighted by Gasteiger charge is -2.16. The van der Waals surface area contributed by atoms with Gasteiger partial charge in [-0.3, -0.25) is 4.57 Å². The summed E-state index contributed by atoms with van der Waals surface area (Å²) in [6.07, 6.45) is -2.11. The van der Waals surface area contributed by atoms with E-state index in [9.17, 15) is 15.3 Å². The summed E-state index contributed by atoms with van der Waals surface area (Å²) < 4.78 is 6.78. The number of hydrogen-bond donors (Lipinski definition) is 4. The number of imidazole rings is 1. The monoisotopic (exact) mass is 301 g/mol. The van der Waals surface area contributed by atoms with E-state index in [1.54, 1.807) is 0 Å². The zero-order valence-electron chi connectivity index (χ0n) is 10.0. The van der Waals surface area contributed by atoms with Crippen LogP contribution >= 0.6 is 11.6 Å². The smallest absolute Gasteiger partial charge is 0.167 e. The maximum atomic E-state index is 10.0. The molecule has 0 bridgehead atoms. The number of aliphatic hydroxyl groups is 3. The molecule has 0 aromatic carbocycles. The summed E-state index contributed by atoms with van der Waals surface area (Å²) in [5, 5.41) is 29.1. The van der Waals surface area contributed by atoms with Crippen LogP contribution in [-0.4, -0.2) is 58.7 Å². The maximum absolute atomic E-state index is 10.0. The number of aliphatic hydroxyl groups excluding tert-OH is 3. The Hall–Kier alpha value is -1.52. The van der Waals surface area contributed by atoms with Gasteiger partial charge in [0, 0.05) is 0 Å². The van der Waals surface area contributed by atoms with Gasteiger partial charge >= 0.3 is 0 Å². The Labute approximate surface area is 117 Å². The zero-order valence-corrected chi connectivity index (χ0v) is 10.8. The van der Waals surface area contributed by atoms with Crippen LogP contribution in [-0.2, 0) is 4.74 Å². The van der Waals surface area contributed by atoms with Gasteiger partial charge in [-0.15, -0.1) is 0 Å². The highest BCUT2D eigenvalue weighted by molar-refractivity contribution is 6.19. The summed E-state index contributed by atoms with van der Waals surface area (Å²) in [6, 6.07) is 0. The molecular weight excluding hydrogens is 290 g/mol. The van der Waals surface area contributed by atoms with Crippen molar-refractivity contribution in [3.8, 4) is 0 Å². The number of halogens is 1. The molecule has 0 radical (unpaired) electrons. The van der Waals surface area contributed by atoms with Crippen molar-refractivity contribution in [2.45, 2.75) is 30.1 Å². The molecule has 108 valence electrons. The van der Waals surface area contributed by atoms with Crippen LogP contribution in [0.2, 0.25) is 0 Å². The molecule has 2 aromatic heterocycles. The second kappa shape index (κ2) is 4.79. The van der Waals surface area contributed by atoms with Gasteiger partial charge in [0.15, 0.2) is 23.3 Å². The number of nitrogens with two attached hydrogens (primary N) is 1. The molecule has 5 atom stereocenters. The Morgan fingerprint density at radius 2 is 2.05 bits per heavy atom. The molecule has 9 nitrogen and oxygen atoms in total. The van der Waals surface area contributed by atoms with Crippen molar-refractivity contribution in [1.82, 2.24) is 19.5 Å². The Bertz CT molecular complexity index is 635. The normalized spacial score (nSPS) is 31.8. The number of aromatic nitrogens is 4. The minimum absolute atomic E-state index is 0.190. The summed E-state index contributed by atoms with van der Waals surface area (Å²) >= 11 is 5.50. The summed E-state index contributed by atoms with van der Waals surface area (Å²) in [7, 11) is 0. The van der Waals surface area contributed by atoms with Crippen molar-refractivity contribution in [3.63, 3.8) is 0 Å². The lowest BCUT2D eigenvalue weighted by Crippen LogP contribution is -2.36. The van der Waals surface area contributed by atoms with E-state index in [2.05, 4.69) is 15.0 Å². The fraction of sp³-hybridized carbons (Fsp3) is 0.500. The molecule has 3 rings (SSSR count). The number of fused-ring (bicyclic) bond motifs is 1. The maximum Gasteiger partial charge on any atom is 0.167 e. The van der Waals surface area contributed by atoms with Gasteiger partial charge in [-0.2, -0.15) is 0 Å². The molecule has 1 saturated heterocycles. The topological polar surface area (TPSA) is 140 Å². The van der Waals surface area contributed by atoms with Crippen LogP contribution in [0.4, 0.5) is 5.82 Å². The van der Waals surface area contributed by atoms with E-state index >= 15 is 0 Å². The number of alkyl halides is 1. The fourth-order valence-corrected chi connectivity index (χ4v) is 2.41. The van der Waals surface area contributed by atoms with Crippen LogP contribution in [0.1, 0.15) is 6.23 Å². The highest BCUT2D eigenvalue weighted by Crippen LogP contribution is 2.33. The Morgan fingerprint density at radius 1 is 1.30 bits per heavy atom. The Morgan fingerprint density at radius 3 is 2.70 bits per heavy atom. The van der Waals surface area contributed by atoms with Gasteiger partial charge in [0.25, 0.3) is 0 Å². The Balaban J connectivity index is 2.02. The molecule has 1 fully saturated rings. The molecule has 0 spiro atoms. The highest BCUT2D eigenvalue weighted by Gasteiger charge is 2.47. The van der Waals surface area contributed by atoms with Gasteiger partial charge in [0.05, 0.1) is 6.33 Å². The third kappa shape index (κ3) is 1.91. The predicted octanol–water partition coefficient (Wildman–Crippen LogP) is -1.42. The number of nitrogens with zero attached hydrogens (tertiary/aromatic N) is 4. The second-order valence-electron chi connectivity index (χ2n) is 4.43. The molecule has 5 N–H and O–H groups in total. The molecule has 0 aliphatic carbocycles. The third-order valence-electron chi connectivity index (χ3n) is 3.21. The van der Waals surface area contributed by atoms with E-state index in [4.69, 9.17) is 22.1 Å². The largest absolute Gasteiger partial charge is 0.387 e. The van der Waals surface area contributed by atoms with Crippen molar-refractivity contribution < 1.29 is 20.1 Å². The number of hydrogen-bond acceptors (Lipinski definition) is 8. The average molecular weight is 302 g/mol. The van der Waals surface area contributed by atoms with E-state index in [0.717, 1.165) is 0 Å². The summed E-state index contributed by atoms with van der Waals surface area (Å²) in [6.45, 7) is 0. The SMILES string of the molecule is Nc1ncnc2c1ncn2[C@@H]1O[C@H](C(O)Cl)[C@@H](O)[C@H]1O. The van der Waals surface area contributed by atoms with Crippen LogP contribution in [0.25, 0.3) is 11.2 Å². The third-order valence-corrected chi connectivity index (χ3v) is 3.46. The molecule has 10 heteroatoms. The lowest BCUT2D eigenvalue weighted by atomic mass is 10.1. The van der Waals surface area contributed by atoms with Crippen molar-refractivity contribution in [2.24, 2.45) is 0 Å². The number of ether oxygens (including phenoxy) is 1. The van der Waals surface area contributed by atoms with Crippen molar-refractivity contribution in [3.05, 3.63) is 12.7 Å². The molecular formula is C10H12ClN5O4. The molecule has 2 aromatic rings. The summed E-state index contributed by atoms with van der Waals surface area (Å²) in [4.78, 5) is 11.9. The van der Waals surface area contributed by atoms with E-state index in [-0.39, 0.29) is 5.82 Å². The summed E-state index contributed by atoms with van der Waals surface area (Å²) in [5.41, 5.74) is 4.92. The standard InChI is InChI=1S/C10H12ClN5O4/c11-7(19)6-4(17)5(18)10(20-6)16-2-15-3-8(12)13-1-14-9(3)16/h1-2,4-7,10,17-19H,(H2,12,13,14)/t4-,5+,6-,7?,10+/m0/s1. The quantitative estimate of drug-likeness (QED) is 0.496. The predicted molar refractivity (Wildman–Crippen MR) is 67.5 cm³/mol. The second-order valence-corrected chi connectivity index (χ2v) is 4.88. The molecule has 1 aliphatic rings. The van der Waals surface area contributed by atoms with E-state index in [1.807, 2.05) is 0 Å². The molecule has 0 amide bonds. The van der Waals surface area contributed by atoms with Crippen LogP contribution in [0.5, 0.6) is 0 Å². The van der Waals surface area contributed by atoms with Crippen LogP contribution in [0.15, 0.2) is 12.7 Å². The van der Waals surface area contributed by atoms with Gasteiger partial charge in [0.1, 0.15) is 30.2 Å². The summed E-state index contributed by atoms with van der Waals surface area (Å²) in [5.74, 6) is 0.190. The minimum Gasteiger partial charge on any atom is -0.387 e. The first-order valence-corrected chi connectivity index (χ1v) is 6.21. The first kappa shape index (κ1) is 13.5. The molecule has 0 saturated carbocycles. The van der Waals surface area contributed by atoms with E-state index < -0.39 is 30.1 Å². The van der Waals surface area contributed by atoms with Crippen molar-refractivity contribution >= 4 is 28.6 Å². The zero-order chi connectivity index (χ0) is 14.4. The molecule has 1 unspecified atom stereocenters. The molecule has 1 aliphatic heterocycles. The van der Waals surface area contributed by atoms with E-state index in [1.165, 1.54) is 17.2 Å². The fourth-order valence-electron chi connectivity index (χ4n) is 2.20. The van der Waals surface area contributed by atoms with Crippen LogP contribution in [0.3, 0.4) is 0 Å². The lowest BCUT2D eigenvalue weighted by molar-refractivity contribution is -0.0613. The average Bonchev–Trinajstić information content (AvgIpc) is 2.94. The number of anilines is 1. The number of nitrogen functional groups attached to an aromatic ring is 1. The molecule has 20 heavy (non-hydrogen) atoms. The van der Waals surface area contributed by atoms with Crippen LogP contribution < -0.4 is 5.73 Å². The van der Waals surface area contributed by atoms with Gasteiger partial charge in [0.2, 0.25) is 0 Å². The van der Waals surface area contributed by atoms with Crippen LogP contribution in [0, 0.1) is 0 Å². The highest BCUT2D eigenvalue weighted by atomic mass is 35.5. The Kier molecular flexibility index (Phi) is 3.22. The van der Waals surface area contributed by atoms with E-state index in [0.29, 0.717) is 11.2 Å². The van der Waals surface area contributed by atoms with Crippen molar-refractivity contribution in [2.75, 3.05) is 5.73 Å². The minimum atomic E-state index is -1.45. The van der Waals surface area contributed by atoms with Gasteiger partial charge in [-0.25, -0.2) is 15.0 Å². The van der Waals surface area contributed by atoms with Crippen molar-refractivity contribution in [1.29, 1.82) is 0 Å². The molecule has 3 heterocycles. The first-order chi connectivity index (χ1) is 9.50. The van der Waals surface area contributed by atoms with Gasteiger partial charge in [-0.1, -0.05) is 11.6 Å². The van der Waals surface area contributed by atoms with Gasteiger partial charge < -0.3 is 25.8 Å².